The molecule has 14 nitrogen and oxygen atoms in total. The quantitative estimate of drug-likeness (QED) is 0.0858. The van der Waals surface area contributed by atoms with E-state index in [9.17, 15) is 20.4 Å². The molecule has 14 heteroatoms. The van der Waals surface area contributed by atoms with Crippen molar-refractivity contribution in [3.8, 4) is 0 Å². The van der Waals surface area contributed by atoms with Gasteiger partial charge in [-0.3, -0.25) is 14.7 Å². The van der Waals surface area contributed by atoms with Crippen molar-refractivity contribution in [1.82, 2.24) is 30.2 Å². The summed E-state index contributed by atoms with van der Waals surface area (Å²) in [5.74, 6) is 0. The predicted octanol–water partition coefficient (Wildman–Crippen LogP) is -1.26. The first-order valence-corrected chi connectivity index (χ1v) is 17.0. The molecule has 0 amide bonds. The number of rotatable bonds is 22. The van der Waals surface area contributed by atoms with Crippen molar-refractivity contribution in [3.63, 3.8) is 0 Å². The third-order valence-corrected chi connectivity index (χ3v) is 7.64. The number of methoxy groups -OCH3 is 4. The van der Waals surface area contributed by atoms with E-state index in [1.54, 1.807) is 28.4 Å². The number of hydrogen-bond donors (Lipinski definition) is 6. The van der Waals surface area contributed by atoms with Crippen LogP contribution in [-0.4, -0.2) is 206 Å². The highest BCUT2D eigenvalue weighted by Crippen LogP contribution is 2.16. The molecule has 0 bridgehead atoms. The average molecular weight is 691 g/mol. The molecule has 1 fully saturated rings. The fourth-order valence-corrected chi connectivity index (χ4v) is 5.79. The van der Waals surface area contributed by atoms with Crippen molar-refractivity contribution in [2.75, 3.05) is 141 Å². The topological polar surface area (TPSA) is 155 Å². The molecule has 1 aromatic rings. The van der Waals surface area contributed by atoms with E-state index >= 15 is 0 Å². The van der Waals surface area contributed by atoms with E-state index < -0.39 is 24.4 Å². The summed E-state index contributed by atoms with van der Waals surface area (Å²) in [6.07, 6.45) is -2.04. The van der Waals surface area contributed by atoms with Gasteiger partial charge in [-0.05, 0) is 37.8 Å². The van der Waals surface area contributed by atoms with Crippen LogP contribution in [0.15, 0.2) is 18.2 Å². The molecule has 4 unspecified atom stereocenters. The molecule has 1 aliphatic heterocycles. The van der Waals surface area contributed by atoms with Gasteiger partial charge in [0.05, 0.1) is 50.8 Å². The van der Waals surface area contributed by atoms with Crippen LogP contribution in [0.5, 0.6) is 0 Å². The van der Waals surface area contributed by atoms with Crippen molar-refractivity contribution < 1.29 is 40.8 Å². The van der Waals surface area contributed by atoms with E-state index in [1.807, 2.05) is 26.0 Å². The number of nitrogens with one attached hydrogen (secondary N) is 2. The number of nitrogens with zero attached hydrogens (tertiary/aromatic N) is 4. The van der Waals surface area contributed by atoms with E-state index in [4.69, 9.17) is 18.9 Å². The third kappa shape index (κ3) is 22.4. The van der Waals surface area contributed by atoms with Crippen LogP contribution in [-0.2, 0) is 38.6 Å². The minimum atomic E-state index is -0.514. The standard InChI is InChI=1S/C25H47N5O4.C9H21NO4.H2/c1-28(17-24(31)19-33-3)14-21-11-22(15-29(2)18-25(32)20-34-4)13-23(12-21)16-30-9-7-26-5-6-27-8-10-30;1-10(4-8(11)6-13-2)5-9(12)7-14-3;/h11-13,24-27,31-32H,5-10,14-20H2,1-4H3;8-9,11-12H,4-7H2,1-3H3;1H. The molecule has 4 atom stereocenters. The van der Waals surface area contributed by atoms with Crippen LogP contribution in [0.3, 0.4) is 0 Å². The first-order chi connectivity index (χ1) is 23.0. The van der Waals surface area contributed by atoms with Crippen LogP contribution in [0, 0.1) is 0 Å². The Morgan fingerprint density at radius 1 is 0.583 bits per heavy atom. The van der Waals surface area contributed by atoms with Gasteiger partial charge in [-0.2, -0.15) is 0 Å². The van der Waals surface area contributed by atoms with Crippen molar-refractivity contribution in [2.24, 2.45) is 0 Å². The lowest BCUT2D eigenvalue weighted by Gasteiger charge is -2.25. The van der Waals surface area contributed by atoms with Crippen molar-refractivity contribution >= 4 is 0 Å². The normalized spacial score (nSPS) is 17.4. The summed E-state index contributed by atoms with van der Waals surface area (Å²) >= 11 is 0. The van der Waals surface area contributed by atoms with Crippen LogP contribution in [0.4, 0.5) is 0 Å². The monoisotopic (exact) mass is 691 g/mol. The number of benzene rings is 1. The maximum Gasteiger partial charge on any atom is 0.0900 e. The van der Waals surface area contributed by atoms with Gasteiger partial charge in [-0.25, -0.2) is 0 Å². The molecule has 0 spiro atoms. The zero-order valence-electron chi connectivity index (χ0n) is 30.8. The van der Waals surface area contributed by atoms with Crippen molar-refractivity contribution in [2.45, 2.75) is 44.1 Å². The molecule has 1 aliphatic rings. The lowest BCUT2D eigenvalue weighted by molar-refractivity contribution is 0.0141. The molecule has 284 valence electrons. The van der Waals surface area contributed by atoms with Crippen molar-refractivity contribution in [3.05, 3.63) is 34.9 Å². The highest BCUT2D eigenvalue weighted by atomic mass is 16.5. The maximum atomic E-state index is 10.1. The average Bonchev–Trinajstić information content (AvgIpc) is 3.11. The molecule has 0 saturated carbocycles. The Morgan fingerprint density at radius 3 is 1.27 bits per heavy atom. The second kappa shape index (κ2) is 27.4. The summed E-state index contributed by atoms with van der Waals surface area (Å²) in [5.41, 5.74) is 3.75. The molecule has 2 rings (SSSR count). The Labute approximate surface area is 291 Å². The minimum absolute atomic E-state index is 0. The fourth-order valence-electron chi connectivity index (χ4n) is 5.79. The minimum Gasteiger partial charge on any atom is -0.389 e. The van der Waals surface area contributed by atoms with Gasteiger partial charge in [0.1, 0.15) is 0 Å². The number of likely N-dealkylation sites (N-methyl/N-ethyl adjacent to an activating group) is 3. The number of hydrogen-bond acceptors (Lipinski definition) is 14. The van der Waals surface area contributed by atoms with Gasteiger partial charge in [0.25, 0.3) is 0 Å². The largest absolute Gasteiger partial charge is 0.389 e. The van der Waals surface area contributed by atoms with Gasteiger partial charge in [0, 0.05) is 115 Å². The molecular weight excluding hydrogens is 620 g/mol. The van der Waals surface area contributed by atoms with Crippen LogP contribution in [0.25, 0.3) is 0 Å². The first kappa shape index (κ1) is 44.7. The summed E-state index contributed by atoms with van der Waals surface area (Å²) in [5, 5.41) is 46.0. The lowest BCUT2D eigenvalue weighted by Crippen LogP contribution is -2.38. The van der Waals surface area contributed by atoms with E-state index in [0.717, 1.165) is 58.9 Å². The highest BCUT2D eigenvalue weighted by molar-refractivity contribution is 5.30. The summed E-state index contributed by atoms with van der Waals surface area (Å²) < 4.78 is 19.7. The van der Waals surface area contributed by atoms with Crippen LogP contribution in [0.2, 0.25) is 0 Å². The summed E-state index contributed by atoms with van der Waals surface area (Å²) in [6.45, 7) is 11.8. The van der Waals surface area contributed by atoms with Crippen LogP contribution < -0.4 is 10.6 Å². The van der Waals surface area contributed by atoms with Gasteiger partial charge in [-0.15, -0.1) is 0 Å². The fraction of sp³-hybridized carbons (Fsp3) is 0.824. The zero-order chi connectivity index (χ0) is 35.7. The Hall–Kier alpha value is -1.34. The maximum absolute atomic E-state index is 10.1. The molecule has 0 radical (unpaired) electrons. The second-order valence-corrected chi connectivity index (χ2v) is 13.0. The van der Waals surface area contributed by atoms with Gasteiger partial charge in [0.2, 0.25) is 0 Å². The molecule has 1 aromatic carbocycles. The molecule has 48 heavy (non-hydrogen) atoms. The summed E-state index contributed by atoms with van der Waals surface area (Å²) in [7, 11) is 12.2. The van der Waals surface area contributed by atoms with Crippen LogP contribution in [0.1, 0.15) is 18.1 Å². The Kier molecular flexibility index (Phi) is 25.5. The van der Waals surface area contributed by atoms with Gasteiger partial charge in [0.15, 0.2) is 0 Å². The highest BCUT2D eigenvalue weighted by Gasteiger charge is 2.15. The SMILES string of the molecule is COCC(O)CN(C)CC(O)COC.COCC(O)CN(C)Cc1cc(CN(C)CC(O)COC)cc(CN2CCNCCNCC2)c1.[HH]. The Balaban J connectivity index is 0.00000130. The molecule has 0 aromatic heterocycles. The smallest absolute Gasteiger partial charge is 0.0900 e. The van der Waals surface area contributed by atoms with E-state index in [0.29, 0.717) is 52.6 Å². The number of aliphatic hydroxyl groups excluding tert-OH is 4. The Morgan fingerprint density at radius 2 is 0.917 bits per heavy atom. The zero-order valence-corrected chi connectivity index (χ0v) is 30.8. The second-order valence-electron chi connectivity index (χ2n) is 13.0. The van der Waals surface area contributed by atoms with Gasteiger partial charge >= 0.3 is 0 Å². The predicted molar refractivity (Wildman–Crippen MR) is 191 cm³/mol. The third-order valence-electron chi connectivity index (χ3n) is 7.64. The van der Waals surface area contributed by atoms with Crippen LogP contribution >= 0.6 is 0 Å². The molecule has 1 heterocycles. The molecular formula is C34H70N6O8. The van der Waals surface area contributed by atoms with Gasteiger partial charge < -0.3 is 54.9 Å². The number of ether oxygens (including phenoxy) is 4. The van der Waals surface area contributed by atoms with Crippen molar-refractivity contribution in [1.29, 1.82) is 0 Å². The summed E-state index contributed by atoms with van der Waals surface area (Å²) in [6, 6.07) is 6.81. The van der Waals surface area contributed by atoms with E-state index in [-0.39, 0.29) is 1.43 Å². The first-order valence-electron chi connectivity index (χ1n) is 17.0. The Bertz CT molecular complexity index is 865. The van der Waals surface area contributed by atoms with Gasteiger partial charge in [-0.1, -0.05) is 18.2 Å². The lowest BCUT2D eigenvalue weighted by atomic mass is 10.0. The molecule has 6 N–H and O–H groups in total. The van der Waals surface area contributed by atoms with E-state index in [1.165, 1.54) is 16.7 Å². The molecule has 0 aliphatic carbocycles. The summed E-state index contributed by atoms with van der Waals surface area (Å²) in [4.78, 5) is 8.60. The number of aliphatic hydroxyl groups is 4. The molecule has 1 saturated heterocycles. The van der Waals surface area contributed by atoms with E-state index in [2.05, 4.69) is 43.5 Å².